The number of carbonyl (C=O) groups is 2. The number of thioether (sulfide) groups is 1. The van der Waals surface area contributed by atoms with Crippen molar-refractivity contribution in [3.8, 4) is 22.8 Å². The van der Waals surface area contributed by atoms with E-state index in [2.05, 4.69) is 16.5 Å². The largest absolute Gasteiger partial charge is 0.486 e. The zero-order valence-electron chi connectivity index (χ0n) is 17.0. The van der Waals surface area contributed by atoms with Gasteiger partial charge in [0.2, 0.25) is 11.8 Å². The van der Waals surface area contributed by atoms with Crippen LogP contribution < -0.4 is 15.2 Å². The van der Waals surface area contributed by atoms with E-state index in [9.17, 15) is 9.59 Å². The van der Waals surface area contributed by atoms with Gasteiger partial charge in [0.15, 0.2) is 16.7 Å². The molecule has 0 bridgehead atoms. The van der Waals surface area contributed by atoms with Crippen LogP contribution in [-0.2, 0) is 16.1 Å². The van der Waals surface area contributed by atoms with Crippen LogP contribution in [0.4, 0.5) is 0 Å². The molecular weight excluding hydrogens is 404 g/mol. The third-order valence-electron chi connectivity index (χ3n) is 5.47. The van der Waals surface area contributed by atoms with E-state index < -0.39 is 0 Å². The summed E-state index contributed by atoms with van der Waals surface area (Å²) in [5, 5.41) is 0.791. The van der Waals surface area contributed by atoms with Crippen LogP contribution in [-0.4, -0.2) is 58.3 Å². The number of primary amides is 1. The number of carbonyl (C=O) groups excluding carboxylic acids is 2. The predicted octanol–water partition coefficient (Wildman–Crippen LogP) is 2.16. The number of amides is 2. The van der Waals surface area contributed by atoms with Crippen LogP contribution in [0.5, 0.6) is 11.5 Å². The monoisotopic (exact) mass is 430 g/mol. The zero-order chi connectivity index (χ0) is 21.1. The van der Waals surface area contributed by atoms with Gasteiger partial charge in [-0.3, -0.25) is 9.59 Å². The molecule has 1 unspecified atom stereocenters. The van der Waals surface area contributed by atoms with Gasteiger partial charge in [-0.2, -0.15) is 0 Å². The predicted molar refractivity (Wildman–Crippen MR) is 114 cm³/mol. The number of aromatic nitrogens is 2. The van der Waals surface area contributed by atoms with Crippen LogP contribution >= 0.6 is 11.8 Å². The van der Waals surface area contributed by atoms with Crippen molar-refractivity contribution in [2.24, 2.45) is 11.7 Å². The topological polar surface area (TPSA) is 99.7 Å². The van der Waals surface area contributed by atoms with Gasteiger partial charge in [-0.15, -0.1) is 0 Å². The number of rotatable bonds is 6. The average molecular weight is 431 g/mol. The Balaban J connectivity index is 1.45. The molecule has 2 aromatic rings. The molecule has 1 aromatic carbocycles. The number of ether oxygens (including phenoxy) is 2. The van der Waals surface area contributed by atoms with E-state index in [4.69, 9.17) is 15.2 Å². The molecule has 3 heterocycles. The molecule has 1 saturated heterocycles. The van der Waals surface area contributed by atoms with E-state index in [1.165, 1.54) is 11.8 Å². The zero-order valence-corrected chi connectivity index (χ0v) is 17.8. The molecule has 9 heteroatoms. The van der Waals surface area contributed by atoms with Gasteiger partial charge in [0.05, 0.1) is 23.6 Å². The Morgan fingerprint density at radius 1 is 1.27 bits per heavy atom. The second kappa shape index (κ2) is 8.99. The maximum absolute atomic E-state index is 12.7. The first-order chi connectivity index (χ1) is 14.6. The van der Waals surface area contributed by atoms with Crippen molar-refractivity contribution in [3.63, 3.8) is 0 Å². The molecule has 160 valence electrons. The fourth-order valence-corrected chi connectivity index (χ4v) is 4.81. The first kappa shape index (κ1) is 20.6. The second-order valence-corrected chi connectivity index (χ2v) is 8.34. The Morgan fingerprint density at radius 2 is 2.07 bits per heavy atom. The first-order valence-corrected chi connectivity index (χ1v) is 11.2. The van der Waals surface area contributed by atoms with Crippen LogP contribution in [0.25, 0.3) is 11.3 Å². The van der Waals surface area contributed by atoms with E-state index >= 15 is 0 Å². The highest BCUT2D eigenvalue weighted by Crippen LogP contribution is 2.35. The Bertz CT molecular complexity index is 945. The lowest BCUT2D eigenvalue weighted by molar-refractivity contribution is -0.132. The number of nitrogens with zero attached hydrogens (tertiary/aromatic N) is 3. The number of likely N-dealkylation sites (tertiary alicyclic amines) is 1. The molecular formula is C21H26N4O4S. The van der Waals surface area contributed by atoms with E-state index in [0.717, 1.165) is 47.3 Å². The fraction of sp³-hybridized carbons (Fsp3) is 0.476. The van der Waals surface area contributed by atoms with Crippen molar-refractivity contribution in [1.29, 1.82) is 0 Å². The quantitative estimate of drug-likeness (QED) is 0.705. The van der Waals surface area contributed by atoms with Gasteiger partial charge in [0.25, 0.3) is 0 Å². The van der Waals surface area contributed by atoms with Gasteiger partial charge >= 0.3 is 0 Å². The summed E-state index contributed by atoms with van der Waals surface area (Å²) in [7, 11) is 0. The maximum atomic E-state index is 12.7. The lowest BCUT2D eigenvalue weighted by atomic mass is 9.97. The molecule has 0 radical (unpaired) electrons. The number of hydrogen-bond acceptors (Lipinski definition) is 6. The Labute approximate surface area is 179 Å². The van der Waals surface area contributed by atoms with Crippen molar-refractivity contribution < 1.29 is 19.1 Å². The van der Waals surface area contributed by atoms with E-state index in [-0.39, 0.29) is 23.5 Å². The molecule has 8 nitrogen and oxygen atoms in total. The average Bonchev–Trinajstić information content (AvgIpc) is 3.20. The summed E-state index contributed by atoms with van der Waals surface area (Å²) in [5.74, 6) is 1.21. The van der Waals surface area contributed by atoms with Crippen LogP contribution in [0.2, 0.25) is 0 Å². The highest BCUT2D eigenvalue weighted by atomic mass is 32.2. The molecule has 0 spiro atoms. The van der Waals surface area contributed by atoms with E-state index in [1.807, 2.05) is 24.4 Å². The lowest BCUT2D eigenvalue weighted by Gasteiger charge is -2.31. The molecule has 1 aromatic heterocycles. The van der Waals surface area contributed by atoms with Gasteiger partial charge in [0.1, 0.15) is 13.2 Å². The smallest absolute Gasteiger partial charge is 0.233 e. The minimum absolute atomic E-state index is 0.0116. The Kier molecular flexibility index (Phi) is 6.17. The van der Waals surface area contributed by atoms with Crippen molar-refractivity contribution in [3.05, 3.63) is 24.4 Å². The molecule has 2 aliphatic heterocycles. The summed E-state index contributed by atoms with van der Waals surface area (Å²) in [6.07, 6.45) is 3.39. The minimum atomic E-state index is -0.328. The Hall–Kier alpha value is -2.68. The number of hydrogen-bond donors (Lipinski definition) is 1. The van der Waals surface area contributed by atoms with Crippen molar-refractivity contribution in [2.45, 2.75) is 31.5 Å². The highest BCUT2D eigenvalue weighted by Gasteiger charge is 2.27. The SMILES string of the molecule is CCn1c(-c2ccc3c(c2)OCCO3)cnc1SCC(=O)N1CCCC(C(N)=O)C1. The first-order valence-electron chi connectivity index (χ1n) is 10.2. The number of fused-ring (bicyclic) bond motifs is 1. The summed E-state index contributed by atoms with van der Waals surface area (Å²) >= 11 is 1.42. The molecule has 4 rings (SSSR count). The molecule has 2 aliphatic rings. The summed E-state index contributed by atoms with van der Waals surface area (Å²) < 4.78 is 13.4. The van der Waals surface area contributed by atoms with E-state index in [0.29, 0.717) is 26.3 Å². The molecule has 0 saturated carbocycles. The summed E-state index contributed by atoms with van der Waals surface area (Å²) in [5.41, 5.74) is 7.38. The van der Waals surface area contributed by atoms with Crippen LogP contribution in [0, 0.1) is 5.92 Å². The number of benzene rings is 1. The lowest BCUT2D eigenvalue weighted by Crippen LogP contribution is -2.44. The molecule has 0 aliphatic carbocycles. The second-order valence-electron chi connectivity index (χ2n) is 7.40. The number of nitrogens with two attached hydrogens (primary N) is 1. The Morgan fingerprint density at radius 3 is 2.83 bits per heavy atom. The summed E-state index contributed by atoms with van der Waals surface area (Å²) in [6.45, 7) is 4.98. The standard InChI is InChI=1S/C21H26N4O4S/c1-2-25-16(14-5-6-17-18(10-14)29-9-8-28-17)11-23-21(25)30-13-19(26)24-7-3-4-15(12-24)20(22)27/h5-6,10-11,15H,2-4,7-9,12-13H2,1H3,(H2,22,27). The van der Waals surface area contributed by atoms with Crippen molar-refractivity contribution in [2.75, 3.05) is 32.1 Å². The highest BCUT2D eigenvalue weighted by molar-refractivity contribution is 7.99. The summed E-state index contributed by atoms with van der Waals surface area (Å²) in [4.78, 5) is 30.4. The summed E-state index contributed by atoms with van der Waals surface area (Å²) in [6, 6.07) is 5.88. The van der Waals surface area contributed by atoms with E-state index in [1.54, 1.807) is 4.90 Å². The normalized spacial score (nSPS) is 18.3. The molecule has 2 N–H and O–H groups in total. The van der Waals surface area contributed by atoms with Gasteiger partial charge in [0, 0.05) is 25.2 Å². The number of piperidine rings is 1. The molecule has 1 fully saturated rings. The van der Waals surface area contributed by atoms with Crippen LogP contribution in [0.1, 0.15) is 19.8 Å². The van der Waals surface area contributed by atoms with Crippen LogP contribution in [0.15, 0.2) is 29.6 Å². The molecule has 30 heavy (non-hydrogen) atoms. The van der Waals surface area contributed by atoms with Crippen molar-refractivity contribution in [1.82, 2.24) is 14.5 Å². The van der Waals surface area contributed by atoms with Gasteiger partial charge in [-0.25, -0.2) is 4.98 Å². The van der Waals surface area contributed by atoms with Gasteiger partial charge in [-0.05, 0) is 38.0 Å². The third kappa shape index (κ3) is 4.26. The number of imidazole rings is 1. The molecule has 2 amide bonds. The minimum Gasteiger partial charge on any atom is -0.486 e. The maximum Gasteiger partial charge on any atom is 0.233 e. The van der Waals surface area contributed by atoms with Gasteiger partial charge < -0.3 is 24.7 Å². The molecule has 1 atom stereocenters. The van der Waals surface area contributed by atoms with Crippen LogP contribution in [0.3, 0.4) is 0 Å². The third-order valence-corrected chi connectivity index (χ3v) is 6.45. The van der Waals surface area contributed by atoms with Crippen molar-refractivity contribution >= 4 is 23.6 Å². The fourth-order valence-electron chi connectivity index (χ4n) is 3.87. The van der Waals surface area contributed by atoms with Gasteiger partial charge in [-0.1, -0.05) is 11.8 Å².